The van der Waals surface area contributed by atoms with E-state index in [-0.39, 0.29) is 5.91 Å². The zero-order valence-corrected chi connectivity index (χ0v) is 15.0. The fraction of sp³-hybridized carbons (Fsp3) is 0.421. The number of thioether (sulfide) groups is 1. The average molecular weight is 361 g/mol. The van der Waals surface area contributed by atoms with Gasteiger partial charge in [0.05, 0.1) is 5.75 Å². The Balaban J connectivity index is 1.39. The van der Waals surface area contributed by atoms with Crippen molar-refractivity contribution in [3.05, 3.63) is 41.4 Å². The average Bonchev–Trinajstić information content (AvgIpc) is 2.91. The Morgan fingerprint density at radius 3 is 2.62 bits per heavy atom. The van der Waals surface area contributed by atoms with Gasteiger partial charge in [0.1, 0.15) is 0 Å². The number of benzene rings is 2. The van der Waals surface area contributed by atoms with Crippen molar-refractivity contribution in [1.29, 1.82) is 0 Å². The summed E-state index contributed by atoms with van der Waals surface area (Å²) >= 11 is 7.92. The maximum atomic E-state index is 12.4. The summed E-state index contributed by atoms with van der Waals surface area (Å²) in [6.07, 6.45) is 4.63. The molecule has 2 bridgehead atoms. The largest absolute Gasteiger partial charge is 0.353 e. The smallest absolute Gasteiger partial charge is 0.230 e. The van der Waals surface area contributed by atoms with Crippen LogP contribution in [0.4, 0.5) is 0 Å². The molecule has 2 heterocycles. The predicted molar refractivity (Wildman–Crippen MR) is 101 cm³/mol. The van der Waals surface area contributed by atoms with Gasteiger partial charge in [-0.2, -0.15) is 0 Å². The number of piperidine rings is 1. The molecule has 2 unspecified atom stereocenters. The van der Waals surface area contributed by atoms with Crippen LogP contribution in [-0.2, 0) is 4.79 Å². The van der Waals surface area contributed by atoms with Crippen molar-refractivity contribution in [2.24, 2.45) is 0 Å². The molecule has 2 aliphatic rings. The molecule has 126 valence electrons. The second kappa shape index (κ2) is 6.95. The van der Waals surface area contributed by atoms with Gasteiger partial charge in [0.2, 0.25) is 5.91 Å². The number of rotatable bonds is 4. The third-order valence-corrected chi connectivity index (χ3v) is 6.39. The highest BCUT2D eigenvalue weighted by Crippen LogP contribution is 2.33. The Bertz CT molecular complexity index is 749. The molecule has 2 fully saturated rings. The number of hydrogen-bond acceptors (Lipinski definition) is 3. The molecular formula is C19H21ClN2OS. The summed E-state index contributed by atoms with van der Waals surface area (Å²) in [6.45, 7) is 0. The van der Waals surface area contributed by atoms with Crippen molar-refractivity contribution < 1.29 is 4.79 Å². The molecule has 2 aliphatic heterocycles. The van der Waals surface area contributed by atoms with Crippen LogP contribution in [0.3, 0.4) is 0 Å². The molecule has 2 aromatic rings. The lowest BCUT2D eigenvalue weighted by Gasteiger charge is -2.29. The SMILES string of the molecule is O=C(CSc1cccc2cccc(Cl)c12)NC1CC2CCC(C1)N2. The molecule has 2 N–H and O–H groups in total. The van der Waals surface area contributed by atoms with Crippen LogP contribution < -0.4 is 10.6 Å². The lowest BCUT2D eigenvalue weighted by atomic mass is 10.00. The summed E-state index contributed by atoms with van der Waals surface area (Å²) in [5, 5.41) is 9.72. The van der Waals surface area contributed by atoms with Gasteiger partial charge in [-0.15, -0.1) is 11.8 Å². The fourth-order valence-corrected chi connectivity index (χ4v) is 5.23. The molecule has 0 radical (unpaired) electrons. The van der Waals surface area contributed by atoms with Crippen LogP contribution in [0.15, 0.2) is 41.3 Å². The highest BCUT2D eigenvalue weighted by atomic mass is 35.5. The first-order valence-electron chi connectivity index (χ1n) is 8.54. The molecule has 4 rings (SSSR count). The third kappa shape index (κ3) is 3.41. The Hall–Kier alpha value is -1.23. The summed E-state index contributed by atoms with van der Waals surface area (Å²) in [5.74, 6) is 0.555. The fourth-order valence-electron chi connectivity index (χ4n) is 3.97. The number of amides is 1. The van der Waals surface area contributed by atoms with Crippen molar-refractivity contribution in [3.63, 3.8) is 0 Å². The van der Waals surface area contributed by atoms with E-state index in [0.29, 0.717) is 23.9 Å². The van der Waals surface area contributed by atoms with Crippen LogP contribution in [0.2, 0.25) is 5.02 Å². The summed E-state index contributed by atoms with van der Waals surface area (Å²) < 4.78 is 0. The van der Waals surface area contributed by atoms with Gasteiger partial charge in [-0.25, -0.2) is 0 Å². The number of halogens is 1. The Morgan fingerprint density at radius 1 is 1.17 bits per heavy atom. The minimum Gasteiger partial charge on any atom is -0.353 e. The minimum absolute atomic E-state index is 0.121. The quantitative estimate of drug-likeness (QED) is 0.810. The molecule has 5 heteroatoms. The van der Waals surface area contributed by atoms with Crippen LogP contribution >= 0.6 is 23.4 Å². The third-order valence-electron chi connectivity index (χ3n) is 5.01. The second-order valence-corrected chi connectivity index (χ2v) is 8.18. The Labute approximate surface area is 151 Å². The molecular weight excluding hydrogens is 340 g/mol. The molecule has 2 saturated heterocycles. The zero-order chi connectivity index (χ0) is 16.5. The van der Waals surface area contributed by atoms with Gasteiger partial charge in [0, 0.05) is 33.4 Å². The molecule has 2 atom stereocenters. The topological polar surface area (TPSA) is 41.1 Å². The first-order chi connectivity index (χ1) is 11.7. The number of nitrogens with one attached hydrogen (secondary N) is 2. The summed E-state index contributed by atoms with van der Waals surface area (Å²) in [6, 6.07) is 13.5. The lowest BCUT2D eigenvalue weighted by Crippen LogP contribution is -2.48. The van der Waals surface area contributed by atoms with E-state index in [1.165, 1.54) is 12.8 Å². The monoisotopic (exact) mass is 360 g/mol. The number of carbonyl (C=O) groups excluding carboxylic acids is 1. The number of fused-ring (bicyclic) bond motifs is 3. The van der Waals surface area contributed by atoms with Crippen molar-refractivity contribution in [2.75, 3.05) is 5.75 Å². The normalized spacial score (nSPS) is 25.8. The molecule has 0 saturated carbocycles. The number of carbonyl (C=O) groups is 1. The van der Waals surface area contributed by atoms with E-state index in [4.69, 9.17) is 11.6 Å². The molecule has 0 spiro atoms. The number of hydrogen-bond donors (Lipinski definition) is 2. The van der Waals surface area contributed by atoms with Gasteiger partial charge in [-0.3, -0.25) is 4.79 Å². The van der Waals surface area contributed by atoms with E-state index >= 15 is 0 Å². The Morgan fingerprint density at radius 2 is 1.88 bits per heavy atom. The van der Waals surface area contributed by atoms with Crippen LogP contribution in [0, 0.1) is 0 Å². The van der Waals surface area contributed by atoms with Gasteiger partial charge in [0.25, 0.3) is 0 Å². The van der Waals surface area contributed by atoms with Crippen LogP contribution in [0.5, 0.6) is 0 Å². The van der Waals surface area contributed by atoms with Gasteiger partial charge in [-0.05, 0) is 43.2 Å². The molecule has 2 aromatic carbocycles. The van der Waals surface area contributed by atoms with E-state index in [1.807, 2.05) is 24.3 Å². The van der Waals surface area contributed by atoms with E-state index in [9.17, 15) is 4.79 Å². The van der Waals surface area contributed by atoms with Crippen LogP contribution in [0.25, 0.3) is 10.8 Å². The van der Waals surface area contributed by atoms with Crippen molar-refractivity contribution in [2.45, 2.75) is 48.7 Å². The van der Waals surface area contributed by atoms with E-state index in [0.717, 1.165) is 33.5 Å². The second-order valence-electron chi connectivity index (χ2n) is 6.76. The van der Waals surface area contributed by atoms with E-state index < -0.39 is 0 Å². The summed E-state index contributed by atoms with van der Waals surface area (Å²) in [4.78, 5) is 13.4. The van der Waals surface area contributed by atoms with Gasteiger partial charge in [-0.1, -0.05) is 35.9 Å². The highest BCUT2D eigenvalue weighted by Gasteiger charge is 2.33. The van der Waals surface area contributed by atoms with E-state index in [2.05, 4.69) is 22.8 Å². The van der Waals surface area contributed by atoms with Gasteiger partial charge < -0.3 is 10.6 Å². The summed E-state index contributed by atoms with van der Waals surface area (Å²) in [7, 11) is 0. The first kappa shape index (κ1) is 16.2. The van der Waals surface area contributed by atoms with Gasteiger partial charge >= 0.3 is 0 Å². The molecule has 3 nitrogen and oxygen atoms in total. The van der Waals surface area contributed by atoms with Crippen molar-refractivity contribution in [1.82, 2.24) is 10.6 Å². The van der Waals surface area contributed by atoms with Crippen LogP contribution in [-0.4, -0.2) is 29.8 Å². The summed E-state index contributed by atoms with van der Waals surface area (Å²) in [5.41, 5.74) is 0. The highest BCUT2D eigenvalue weighted by molar-refractivity contribution is 8.00. The van der Waals surface area contributed by atoms with E-state index in [1.54, 1.807) is 11.8 Å². The molecule has 0 aliphatic carbocycles. The molecule has 1 amide bonds. The maximum Gasteiger partial charge on any atom is 0.230 e. The molecule has 0 aromatic heterocycles. The standard InChI is InChI=1S/C19H21ClN2OS/c20-16-5-1-3-12-4-2-6-17(19(12)16)24-11-18(23)22-15-9-13-7-8-14(10-15)21-13/h1-6,13-15,21H,7-11H2,(H,22,23). The van der Waals surface area contributed by atoms with Crippen LogP contribution in [0.1, 0.15) is 25.7 Å². The zero-order valence-electron chi connectivity index (χ0n) is 13.4. The maximum absolute atomic E-state index is 12.4. The van der Waals surface area contributed by atoms with Crippen molar-refractivity contribution >= 4 is 40.0 Å². The minimum atomic E-state index is 0.121. The molecule has 24 heavy (non-hydrogen) atoms. The van der Waals surface area contributed by atoms with Gasteiger partial charge in [0.15, 0.2) is 0 Å². The van der Waals surface area contributed by atoms with Crippen molar-refractivity contribution in [3.8, 4) is 0 Å². The first-order valence-corrected chi connectivity index (χ1v) is 9.91. The lowest BCUT2D eigenvalue weighted by molar-refractivity contribution is -0.119. The predicted octanol–water partition coefficient (Wildman–Crippen LogP) is 3.98. The Kier molecular flexibility index (Phi) is 4.70.